The van der Waals surface area contributed by atoms with Crippen LogP contribution in [-0.2, 0) is 13.0 Å². The summed E-state index contributed by atoms with van der Waals surface area (Å²) in [5.41, 5.74) is 2.36. The number of nitrogens with zero attached hydrogens (tertiary/aromatic N) is 3. The van der Waals surface area contributed by atoms with Gasteiger partial charge in [-0.25, -0.2) is 4.98 Å². The van der Waals surface area contributed by atoms with Crippen LogP contribution in [0.3, 0.4) is 0 Å². The predicted octanol–water partition coefficient (Wildman–Crippen LogP) is 4.98. The van der Waals surface area contributed by atoms with E-state index in [-0.39, 0.29) is 0 Å². The molecule has 0 spiro atoms. The molecule has 1 aliphatic heterocycles. The number of rotatable bonds is 6. The van der Waals surface area contributed by atoms with Crippen molar-refractivity contribution in [3.05, 3.63) is 59.9 Å². The van der Waals surface area contributed by atoms with E-state index in [1.165, 1.54) is 5.56 Å². The molecule has 2 heterocycles. The van der Waals surface area contributed by atoms with Gasteiger partial charge in [0.25, 0.3) is 0 Å². The Balaban J connectivity index is 1.34. The first-order valence-corrected chi connectivity index (χ1v) is 9.84. The van der Waals surface area contributed by atoms with Crippen molar-refractivity contribution in [3.63, 3.8) is 0 Å². The van der Waals surface area contributed by atoms with Gasteiger partial charge in [-0.1, -0.05) is 24.3 Å². The molecule has 3 aromatic rings. The molecule has 28 heavy (non-hydrogen) atoms. The summed E-state index contributed by atoms with van der Waals surface area (Å²) in [6, 6.07) is 14.5. The van der Waals surface area contributed by atoms with E-state index in [0.29, 0.717) is 35.1 Å². The van der Waals surface area contributed by atoms with Crippen molar-refractivity contribution in [2.75, 3.05) is 13.1 Å². The number of halogens is 2. The number of hydrogen-bond acceptors (Lipinski definition) is 3. The molecule has 148 valence electrons. The minimum Gasteiger partial charge on any atom is -0.508 e. The molecule has 4 nitrogen and oxygen atoms in total. The largest absolute Gasteiger partial charge is 0.508 e. The topological polar surface area (TPSA) is 41.3 Å². The van der Waals surface area contributed by atoms with Crippen molar-refractivity contribution >= 4 is 11.0 Å². The number of benzene rings is 2. The standard InChI is InChI=1S/C22H25F2N3O/c23-22(24)27-20-4-2-1-3-19(20)25-21(27)15-26-13-11-17(12-14-26)6-5-16-7-9-18(28)10-8-16/h1-4,7-10,17,22,28H,5-6,11-15H2. The van der Waals surface area contributed by atoms with E-state index in [1.807, 2.05) is 18.2 Å². The second-order valence-corrected chi connectivity index (χ2v) is 7.59. The average molecular weight is 385 g/mol. The summed E-state index contributed by atoms with van der Waals surface area (Å²) >= 11 is 0. The quantitative estimate of drug-likeness (QED) is 0.650. The first-order chi connectivity index (χ1) is 13.6. The van der Waals surface area contributed by atoms with Gasteiger partial charge in [0.2, 0.25) is 0 Å². The molecule has 1 saturated heterocycles. The van der Waals surface area contributed by atoms with Gasteiger partial charge in [-0.05, 0) is 74.5 Å². The molecule has 0 radical (unpaired) electrons. The third kappa shape index (κ3) is 4.17. The van der Waals surface area contributed by atoms with Gasteiger partial charge >= 0.3 is 6.55 Å². The molecule has 4 rings (SSSR count). The second kappa shape index (κ2) is 8.27. The summed E-state index contributed by atoms with van der Waals surface area (Å²) < 4.78 is 28.2. The van der Waals surface area contributed by atoms with Crippen molar-refractivity contribution in [1.29, 1.82) is 0 Å². The van der Waals surface area contributed by atoms with Crippen LogP contribution in [0.1, 0.15) is 37.2 Å². The van der Waals surface area contributed by atoms with Crippen LogP contribution in [0.5, 0.6) is 5.75 Å². The highest BCUT2D eigenvalue weighted by Gasteiger charge is 2.23. The summed E-state index contributed by atoms with van der Waals surface area (Å²) in [4.78, 5) is 6.68. The highest BCUT2D eigenvalue weighted by molar-refractivity contribution is 5.75. The summed E-state index contributed by atoms with van der Waals surface area (Å²) in [6.45, 7) is -0.298. The maximum absolute atomic E-state index is 13.6. The average Bonchev–Trinajstić information content (AvgIpc) is 3.06. The van der Waals surface area contributed by atoms with Crippen LogP contribution in [0.15, 0.2) is 48.5 Å². The molecule has 1 N–H and O–H groups in total. The van der Waals surface area contributed by atoms with Crippen LogP contribution in [-0.4, -0.2) is 32.6 Å². The maximum Gasteiger partial charge on any atom is 0.320 e. The highest BCUT2D eigenvalue weighted by atomic mass is 19.3. The van der Waals surface area contributed by atoms with Crippen LogP contribution >= 0.6 is 0 Å². The third-order valence-corrected chi connectivity index (χ3v) is 5.71. The number of aromatic nitrogens is 2. The molecule has 1 aromatic heterocycles. The molecule has 0 bridgehead atoms. The SMILES string of the molecule is Oc1ccc(CCC2CCN(Cc3nc4ccccc4n3C(F)F)CC2)cc1. The van der Waals surface area contributed by atoms with E-state index < -0.39 is 6.55 Å². The summed E-state index contributed by atoms with van der Waals surface area (Å²) in [5, 5.41) is 9.36. The Morgan fingerprint density at radius 1 is 1.04 bits per heavy atom. The van der Waals surface area contributed by atoms with Crippen molar-refractivity contribution in [1.82, 2.24) is 14.5 Å². The fourth-order valence-electron chi connectivity index (χ4n) is 4.09. The van der Waals surface area contributed by atoms with Crippen LogP contribution in [0.25, 0.3) is 11.0 Å². The molecule has 1 aliphatic rings. The number of phenolic OH excluding ortho intramolecular Hbond substituents is 1. The Kier molecular flexibility index (Phi) is 5.57. The van der Waals surface area contributed by atoms with Gasteiger partial charge in [0.15, 0.2) is 0 Å². The maximum atomic E-state index is 13.6. The Morgan fingerprint density at radius 2 is 1.75 bits per heavy atom. The van der Waals surface area contributed by atoms with Gasteiger partial charge in [-0.3, -0.25) is 9.47 Å². The fraction of sp³-hybridized carbons (Fsp3) is 0.409. The lowest BCUT2D eigenvalue weighted by Gasteiger charge is -2.31. The Labute approximate surface area is 163 Å². The zero-order chi connectivity index (χ0) is 19.5. The van der Waals surface area contributed by atoms with E-state index in [1.54, 1.807) is 30.3 Å². The monoisotopic (exact) mass is 385 g/mol. The molecule has 1 fully saturated rings. The number of piperidine rings is 1. The Bertz CT molecular complexity index is 915. The molecular formula is C22H25F2N3O. The molecule has 0 atom stereocenters. The van der Waals surface area contributed by atoms with Crippen LogP contribution in [0.2, 0.25) is 0 Å². The third-order valence-electron chi connectivity index (χ3n) is 5.71. The van der Waals surface area contributed by atoms with Crippen LogP contribution in [0.4, 0.5) is 8.78 Å². The van der Waals surface area contributed by atoms with Gasteiger partial charge in [-0.2, -0.15) is 8.78 Å². The van der Waals surface area contributed by atoms with E-state index in [2.05, 4.69) is 9.88 Å². The number of para-hydroxylation sites is 2. The molecule has 0 aliphatic carbocycles. The minimum atomic E-state index is -2.58. The number of fused-ring (bicyclic) bond motifs is 1. The van der Waals surface area contributed by atoms with E-state index in [9.17, 15) is 13.9 Å². The van der Waals surface area contributed by atoms with Crippen LogP contribution in [0, 0.1) is 5.92 Å². The fourth-order valence-corrected chi connectivity index (χ4v) is 4.09. The predicted molar refractivity (Wildman–Crippen MR) is 105 cm³/mol. The minimum absolute atomic E-state index is 0.298. The van der Waals surface area contributed by atoms with Gasteiger partial charge < -0.3 is 5.11 Å². The van der Waals surface area contributed by atoms with Gasteiger partial charge in [0.1, 0.15) is 11.6 Å². The zero-order valence-corrected chi connectivity index (χ0v) is 15.8. The molecule has 0 amide bonds. The lowest BCUT2D eigenvalue weighted by Crippen LogP contribution is -2.34. The Morgan fingerprint density at radius 3 is 2.46 bits per heavy atom. The highest BCUT2D eigenvalue weighted by Crippen LogP contribution is 2.27. The number of aromatic hydroxyl groups is 1. The van der Waals surface area contributed by atoms with Gasteiger partial charge in [0.05, 0.1) is 17.6 Å². The van der Waals surface area contributed by atoms with Crippen molar-refractivity contribution < 1.29 is 13.9 Å². The first-order valence-electron chi connectivity index (χ1n) is 9.84. The molecule has 0 unspecified atom stereocenters. The first kappa shape index (κ1) is 18.9. The number of likely N-dealkylation sites (tertiary alicyclic amines) is 1. The smallest absolute Gasteiger partial charge is 0.320 e. The summed E-state index contributed by atoms with van der Waals surface area (Å²) in [7, 11) is 0. The second-order valence-electron chi connectivity index (χ2n) is 7.59. The lowest BCUT2D eigenvalue weighted by atomic mass is 9.90. The molecular weight excluding hydrogens is 360 g/mol. The van der Waals surface area contributed by atoms with Gasteiger partial charge in [0, 0.05) is 0 Å². The zero-order valence-electron chi connectivity index (χ0n) is 15.8. The normalized spacial score (nSPS) is 16.2. The van der Waals surface area contributed by atoms with Crippen molar-refractivity contribution in [3.8, 4) is 5.75 Å². The molecule has 2 aromatic carbocycles. The molecule has 6 heteroatoms. The number of imidazole rings is 1. The number of phenols is 1. The summed E-state index contributed by atoms with van der Waals surface area (Å²) in [5.74, 6) is 1.39. The Hall–Kier alpha value is -2.47. The number of alkyl halides is 2. The van der Waals surface area contributed by atoms with E-state index in [0.717, 1.165) is 43.3 Å². The summed E-state index contributed by atoms with van der Waals surface area (Å²) in [6.07, 6.45) is 4.28. The number of aryl methyl sites for hydroxylation is 1. The van der Waals surface area contributed by atoms with E-state index >= 15 is 0 Å². The molecule has 0 saturated carbocycles. The van der Waals surface area contributed by atoms with Crippen molar-refractivity contribution in [2.45, 2.75) is 38.8 Å². The van der Waals surface area contributed by atoms with Gasteiger partial charge in [-0.15, -0.1) is 0 Å². The van der Waals surface area contributed by atoms with Crippen LogP contribution < -0.4 is 0 Å². The lowest BCUT2D eigenvalue weighted by molar-refractivity contribution is 0.0666. The number of hydrogen-bond donors (Lipinski definition) is 1. The van der Waals surface area contributed by atoms with Crippen molar-refractivity contribution in [2.24, 2.45) is 5.92 Å². The van der Waals surface area contributed by atoms with E-state index in [4.69, 9.17) is 0 Å².